The molecule has 0 bridgehead atoms. The number of carbonyl (C=O) groups excluding carboxylic acids is 1. The monoisotopic (exact) mass is 479 g/mol. The van der Waals surface area contributed by atoms with E-state index in [1.165, 1.54) is 11.3 Å². The van der Waals surface area contributed by atoms with Crippen LogP contribution in [0.25, 0.3) is 0 Å². The van der Waals surface area contributed by atoms with Crippen molar-refractivity contribution < 1.29 is 9.53 Å². The molecule has 1 spiro atoms. The molecule has 0 saturated carbocycles. The molecule has 8 heteroatoms. The molecule has 2 aliphatic heterocycles. The first kappa shape index (κ1) is 23.7. The number of nitrogens with one attached hydrogen (secondary N) is 2. The van der Waals surface area contributed by atoms with E-state index in [0.717, 1.165) is 81.9 Å². The number of benzene rings is 1. The van der Waals surface area contributed by atoms with Crippen molar-refractivity contribution in [3.8, 4) is 0 Å². The van der Waals surface area contributed by atoms with Crippen molar-refractivity contribution in [1.29, 1.82) is 0 Å². The van der Waals surface area contributed by atoms with Gasteiger partial charge < -0.3 is 19.9 Å². The van der Waals surface area contributed by atoms with Crippen molar-refractivity contribution in [3.05, 3.63) is 51.4 Å². The molecular weight excluding hydrogens is 442 g/mol. The third kappa shape index (κ3) is 4.88. The molecule has 2 aromatic rings. The standard InChI is InChI=1S/C27H37N5O3/c1-26(2,3)35-25(34)28-14-17-32-18-27(20-9-5-7-11-22(20)32)12-15-31(16-13-27)24-29-21-10-6-4-8-19(21)23(33)30-24/h5,7,9,11H,4,6,8,10,12-18H2,1-3H3,(H,28,34)(H,29,30,33). The van der Waals surface area contributed by atoms with Crippen LogP contribution in [0.15, 0.2) is 29.1 Å². The van der Waals surface area contributed by atoms with Crippen LogP contribution in [-0.4, -0.2) is 54.4 Å². The highest BCUT2D eigenvalue weighted by Gasteiger charge is 2.44. The number of aryl methyl sites for hydroxylation is 1. The van der Waals surface area contributed by atoms with Gasteiger partial charge in [0, 0.05) is 49.4 Å². The maximum absolute atomic E-state index is 12.6. The number of hydrogen-bond acceptors (Lipinski definition) is 6. The molecule has 1 fully saturated rings. The number of hydrogen-bond donors (Lipinski definition) is 2. The lowest BCUT2D eigenvalue weighted by Gasteiger charge is -2.40. The lowest BCUT2D eigenvalue weighted by atomic mass is 9.74. The number of aromatic amines is 1. The van der Waals surface area contributed by atoms with Crippen LogP contribution in [-0.2, 0) is 23.0 Å². The second-order valence-corrected chi connectivity index (χ2v) is 11.2. The molecule has 188 valence electrons. The average molecular weight is 480 g/mol. The van der Waals surface area contributed by atoms with Crippen molar-refractivity contribution in [1.82, 2.24) is 15.3 Å². The molecule has 1 aromatic carbocycles. The number of anilines is 2. The molecule has 1 aliphatic carbocycles. The second-order valence-electron chi connectivity index (χ2n) is 11.2. The van der Waals surface area contributed by atoms with E-state index in [2.05, 4.69) is 44.4 Å². The predicted molar refractivity (Wildman–Crippen MR) is 138 cm³/mol. The Morgan fingerprint density at radius 1 is 1.17 bits per heavy atom. The molecule has 2 N–H and O–H groups in total. The Hall–Kier alpha value is -3.03. The van der Waals surface area contributed by atoms with Gasteiger partial charge in [-0.1, -0.05) is 18.2 Å². The number of amides is 1. The Kier molecular flexibility index (Phi) is 6.23. The number of H-pyrrole nitrogens is 1. The van der Waals surface area contributed by atoms with E-state index in [0.29, 0.717) is 6.54 Å². The van der Waals surface area contributed by atoms with Crippen LogP contribution in [0.5, 0.6) is 0 Å². The minimum Gasteiger partial charge on any atom is -0.444 e. The molecule has 0 radical (unpaired) electrons. The fourth-order valence-corrected chi connectivity index (χ4v) is 5.85. The van der Waals surface area contributed by atoms with Crippen molar-refractivity contribution in [3.63, 3.8) is 0 Å². The smallest absolute Gasteiger partial charge is 0.407 e. The van der Waals surface area contributed by atoms with Gasteiger partial charge in [-0.2, -0.15) is 0 Å². The summed E-state index contributed by atoms with van der Waals surface area (Å²) in [5.41, 5.74) is 4.14. The van der Waals surface area contributed by atoms with Crippen molar-refractivity contribution >= 4 is 17.7 Å². The summed E-state index contributed by atoms with van der Waals surface area (Å²) in [7, 11) is 0. The third-order valence-electron chi connectivity index (χ3n) is 7.56. The topological polar surface area (TPSA) is 90.6 Å². The molecular formula is C27H37N5O3. The Balaban J connectivity index is 1.26. The average Bonchev–Trinajstić information content (AvgIpc) is 3.11. The summed E-state index contributed by atoms with van der Waals surface area (Å²) >= 11 is 0. The van der Waals surface area contributed by atoms with Gasteiger partial charge in [0.1, 0.15) is 5.60 Å². The summed E-state index contributed by atoms with van der Waals surface area (Å²) in [5, 5.41) is 2.89. The molecule has 3 heterocycles. The first-order valence-electron chi connectivity index (χ1n) is 12.9. The van der Waals surface area contributed by atoms with Crippen LogP contribution in [0.2, 0.25) is 0 Å². The first-order valence-corrected chi connectivity index (χ1v) is 12.9. The number of para-hydroxylation sites is 1. The molecule has 0 unspecified atom stereocenters. The third-order valence-corrected chi connectivity index (χ3v) is 7.56. The first-order chi connectivity index (χ1) is 16.7. The molecule has 3 aliphatic rings. The molecule has 8 nitrogen and oxygen atoms in total. The van der Waals surface area contributed by atoms with E-state index >= 15 is 0 Å². The maximum atomic E-state index is 12.6. The van der Waals surface area contributed by atoms with Gasteiger partial charge in [0.25, 0.3) is 5.56 Å². The van der Waals surface area contributed by atoms with Gasteiger partial charge in [0.2, 0.25) is 5.95 Å². The number of alkyl carbamates (subject to hydrolysis) is 1. The summed E-state index contributed by atoms with van der Waals surface area (Å²) in [6, 6.07) is 8.65. The zero-order valence-electron chi connectivity index (χ0n) is 21.2. The van der Waals surface area contributed by atoms with Crippen molar-refractivity contribution in [2.24, 2.45) is 0 Å². The van der Waals surface area contributed by atoms with Crippen LogP contribution in [0.1, 0.15) is 63.3 Å². The number of fused-ring (bicyclic) bond motifs is 3. The normalized spacial score (nSPS) is 18.8. The number of nitrogens with zero attached hydrogens (tertiary/aromatic N) is 3. The highest BCUT2D eigenvalue weighted by atomic mass is 16.6. The summed E-state index contributed by atoms with van der Waals surface area (Å²) in [4.78, 5) is 37.3. The fourth-order valence-electron chi connectivity index (χ4n) is 5.85. The van der Waals surface area contributed by atoms with E-state index in [1.807, 2.05) is 20.8 Å². The fraction of sp³-hybridized carbons (Fsp3) is 0.593. The van der Waals surface area contributed by atoms with Crippen LogP contribution in [0.4, 0.5) is 16.4 Å². The largest absolute Gasteiger partial charge is 0.444 e. The number of piperidine rings is 1. The highest BCUT2D eigenvalue weighted by Crippen LogP contribution is 2.47. The predicted octanol–water partition coefficient (Wildman–Crippen LogP) is 3.53. The van der Waals surface area contributed by atoms with Gasteiger partial charge in [-0.15, -0.1) is 0 Å². The Labute approximate surface area is 207 Å². The number of aromatic nitrogens is 2. The zero-order valence-corrected chi connectivity index (χ0v) is 21.2. The number of carbonyl (C=O) groups is 1. The van der Waals surface area contributed by atoms with E-state index < -0.39 is 5.60 Å². The minimum atomic E-state index is -0.500. The van der Waals surface area contributed by atoms with E-state index in [4.69, 9.17) is 9.72 Å². The molecule has 0 atom stereocenters. The van der Waals surface area contributed by atoms with Gasteiger partial charge in [0.05, 0.1) is 5.69 Å². The molecule has 1 amide bonds. The highest BCUT2D eigenvalue weighted by molar-refractivity contribution is 5.68. The quantitative estimate of drug-likeness (QED) is 0.697. The van der Waals surface area contributed by atoms with Crippen LogP contribution >= 0.6 is 0 Å². The zero-order chi connectivity index (χ0) is 24.6. The summed E-state index contributed by atoms with van der Waals surface area (Å²) in [6.07, 6.45) is 5.56. The Morgan fingerprint density at radius 2 is 1.91 bits per heavy atom. The lowest BCUT2D eigenvalue weighted by molar-refractivity contribution is 0.0529. The van der Waals surface area contributed by atoms with Crippen molar-refractivity contribution in [2.45, 2.75) is 70.3 Å². The van der Waals surface area contributed by atoms with Gasteiger partial charge in [-0.05, 0) is 70.9 Å². The number of rotatable bonds is 4. The second kappa shape index (κ2) is 9.21. The van der Waals surface area contributed by atoms with Crippen molar-refractivity contribution in [2.75, 3.05) is 42.5 Å². The minimum absolute atomic E-state index is 0.0415. The van der Waals surface area contributed by atoms with Gasteiger partial charge >= 0.3 is 6.09 Å². The van der Waals surface area contributed by atoms with Crippen LogP contribution in [0.3, 0.4) is 0 Å². The van der Waals surface area contributed by atoms with E-state index in [1.54, 1.807) is 0 Å². The lowest BCUT2D eigenvalue weighted by Crippen LogP contribution is -2.47. The molecule has 35 heavy (non-hydrogen) atoms. The molecule has 1 saturated heterocycles. The molecule has 5 rings (SSSR count). The van der Waals surface area contributed by atoms with E-state index in [9.17, 15) is 9.59 Å². The summed E-state index contributed by atoms with van der Waals surface area (Å²) < 4.78 is 5.37. The van der Waals surface area contributed by atoms with Crippen LogP contribution in [0, 0.1) is 0 Å². The van der Waals surface area contributed by atoms with E-state index in [-0.39, 0.29) is 17.1 Å². The van der Waals surface area contributed by atoms with Crippen LogP contribution < -0.4 is 20.7 Å². The SMILES string of the molecule is CC(C)(C)OC(=O)NCCN1CC2(CCN(c3nc4c(c(=O)[nH]3)CCCC4)CC2)c2ccccc21. The summed E-state index contributed by atoms with van der Waals surface area (Å²) in [5.74, 6) is 0.732. The Bertz CT molecular complexity index is 1140. The Morgan fingerprint density at radius 3 is 2.69 bits per heavy atom. The number of ether oxygens (including phenoxy) is 1. The van der Waals surface area contributed by atoms with Gasteiger partial charge in [0.15, 0.2) is 0 Å². The maximum Gasteiger partial charge on any atom is 0.407 e. The van der Waals surface area contributed by atoms with Gasteiger partial charge in [-0.25, -0.2) is 9.78 Å². The summed E-state index contributed by atoms with van der Waals surface area (Å²) in [6.45, 7) is 9.54. The molecule has 1 aromatic heterocycles. The van der Waals surface area contributed by atoms with Gasteiger partial charge in [-0.3, -0.25) is 9.78 Å².